The number of nitrogens with zero attached hydrogens (tertiary/aromatic N) is 2. The zero-order valence-corrected chi connectivity index (χ0v) is 17.3. The van der Waals surface area contributed by atoms with E-state index in [-0.39, 0.29) is 11.9 Å². The predicted octanol–water partition coefficient (Wildman–Crippen LogP) is 4.36. The number of fused-ring (bicyclic) bond motifs is 1. The van der Waals surface area contributed by atoms with Gasteiger partial charge in [-0.25, -0.2) is 9.37 Å². The van der Waals surface area contributed by atoms with Gasteiger partial charge >= 0.3 is 0 Å². The molecule has 3 atom stereocenters. The highest BCUT2D eigenvalue weighted by atomic mass is 35.5. The molecule has 0 aliphatic heterocycles. The van der Waals surface area contributed by atoms with Crippen LogP contribution in [0.5, 0.6) is 0 Å². The second kappa shape index (κ2) is 7.13. The summed E-state index contributed by atoms with van der Waals surface area (Å²) >= 11 is 7.41. The molecule has 0 bridgehead atoms. The summed E-state index contributed by atoms with van der Waals surface area (Å²) < 4.78 is 16.8. The third kappa shape index (κ3) is 3.43. The SMILES string of the molecule is Cc1sc(C(=O)N[C@@H]2[C@@H](N)CCCC2(C)F)cc1-c1cnc2cc(Cl)ccn12. The second-order valence-electron chi connectivity index (χ2n) is 7.58. The van der Waals surface area contributed by atoms with Crippen molar-refractivity contribution in [1.82, 2.24) is 14.7 Å². The molecule has 1 unspecified atom stereocenters. The lowest BCUT2D eigenvalue weighted by molar-refractivity contribution is 0.0581. The van der Waals surface area contributed by atoms with Crippen LogP contribution in [0.15, 0.2) is 30.6 Å². The molecule has 3 heterocycles. The summed E-state index contributed by atoms with van der Waals surface area (Å²) in [6.07, 6.45) is 5.47. The number of halogens is 2. The number of amides is 1. The average Bonchev–Trinajstić information content (AvgIpc) is 3.20. The lowest BCUT2D eigenvalue weighted by Gasteiger charge is -2.39. The Balaban J connectivity index is 1.63. The molecule has 0 spiro atoms. The van der Waals surface area contributed by atoms with Crippen molar-refractivity contribution < 1.29 is 9.18 Å². The fraction of sp³-hybridized carbons (Fsp3) is 0.400. The smallest absolute Gasteiger partial charge is 0.261 e. The van der Waals surface area contributed by atoms with E-state index in [1.165, 1.54) is 18.3 Å². The van der Waals surface area contributed by atoms with Crippen molar-refractivity contribution in [1.29, 1.82) is 0 Å². The first-order valence-electron chi connectivity index (χ1n) is 9.25. The molecule has 5 nitrogen and oxygen atoms in total. The minimum atomic E-state index is -1.50. The Hall–Kier alpha value is -1.96. The van der Waals surface area contributed by atoms with Crippen LogP contribution in [0, 0.1) is 6.92 Å². The van der Waals surface area contributed by atoms with E-state index in [0.29, 0.717) is 22.7 Å². The molecule has 0 aromatic carbocycles. The van der Waals surface area contributed by atoms with Gasteiger partial charge in [0.15, 0.2) is 0 Å². The first-order chi connectivity index (χ1) is 13.3. The van der Waals surface area contributed by atoms with Crippen molar-refractivity contribution in [2.24, 2.45) is 5.73 Å². The third-order valence-electron chi connectivity index (χ3n) is 5.46. The van der Waals surface area contributed by atoms with Crippen molar-refractivity contribution in [2.45, 2.75) is 50.9 Å². The molecular formula is C20H22ClFN4OS. The fourth-order valence-corrected chi connectivity index (χ4v) is 5.01. The minimum absolute atomic E-state index is 0.289. The van der Waals surface area contributed by atoms with Crippen LogP contribution < -0.4 is 11.1 Å². The minimum Gasteiger partial charge on any atom is -0.344 e. The molecule has 0 radical (unpaired) electrons. The van der Waals surface area contributed by atoms with Gasteiger partial charge in [0.25, 0.3) is 5.91 Å². The molecule has 0 saturated heterocycles. The summed E-state index contributed by atoms with van der Waals surface area (Å²) in [5.74, 6) is -0.289. The third-order valence-corrected chi connectivity index (χ3v) is 6.74. The van der Waals surface area contributed by atoms with Crippen LogP contribution in [0.2, 0.25) is 5.02 Å². The summed E-state index contributed by atoms with van der Waals surface area (Å²) in [6, 6.07) is 4.35. The van der Waals surface area contributed by atoms with E-state index < -0.39 is 11.7 Å². The van der Waals surface area contributed by atoms with E-state index in [1.54, 1.807) is 18.3 Å². The van der Waals surface area contributed by atoms with Gasteiger partial charge in [0.2, 0.25) is 0 Å². The standard InChI is InChI=1S/C20H22ClFN4OS/c1-11-13(15-10-24-17-8-12(21)5-7-26(15)17)9-16(28-11)19(27)25-18-14(23)4-3-6-20(18,2)22/h5,7-10,14,18H,3-4,6,23H2,1-2H3,(H,25,27)/t14-,18+,20?/m0/s1. The van der Waals surface area contributed by atoms with Gasteiger partial charge in [-0.15, -0.1) is 11.3 Å². The Labute approximate surface area is 171 Å². The monoisotopic (exact) mass is 420 g/mol. The molecule has 1 fully saturated rings. The molecule has 3 aromatic rings. The summed E-state index contributed by atoms with van der Waals surface area (Å²) in [4.78, 5) is 18.7. The molecule has 1 aliphatic carbocycles. The Morgan fingerprint density at radius 1 is 1.50 bits per heavy atom. The number of carbonyl (C=O) groups is 1. The van der Waals surface area contributed by atoms with Gasteiger partial charge in [-0.1, -0.05) is 11.6 Å². The highest BCUT2D eigenvalue weighted by molar-refractivity contribution is 7.14. The molecule has 8 heteroatoms. The van der Waals surface area contributed by atoms with Gasteiger partial charge in [-0.3, -0.25) is 9.20 Å². The molecule has 3 aromatic heterocycles. The number of alkyl halides is 1. The summed E-state index contributed by atoms with van der Waals surface area (Å²) in [5.41, 5.74) is 7.13. The van der Waals surface area contributed by atoms with Crippen molar-refractivity contribution in [3.8, 4) is 11.3 Å². The zero-order valence-electron chi connectivity index (χ0n) is 15.7. The Morgan fingerprint density at radius 3 is 3.04 bits per heavy atom. The van der Waals surface area contributed by atoms with Crippen LogP contribution in [0.25, 0.3) is 16.9 Å². The average molecular weight is 421 g/mol. The fourth-order valence-electron chi connectivity index (χ4n) is 3.93. The number of imidazole rings is 1. The lowest BCUT2D eigenvalue weighted by atomic mass is 9.80. The number of hydrogen-bond donors (Lipinski definition) is 2. The zero-order chi connectivity index (χ0) is 20.1. The number of nitrogens with two attached hydrogens (primary N) is 1. The quantitative estimate of drug-likeness (QED) is 0.661. The number of hydrogen-bond acceptors (Lipinski definition) is 4. The number of pyridine rings is 1. The van der Waals surface area contributed by atoms with Gasteiger partial charge in [-0.05, 0) is 45.2 Å². The van der Waals surface area contributed by atoms with Crippen molar-refractivity contribution in [3.63, 3.8) is 0 Å². The molecule has 28 heavy (non-hydrogen) atoms. The van der Waals surface area contributed by atoms with E-state index in [2.05, 4.69) is 10.3 Å². The van der Waals surface area contributed by atoms with Crippen molar-refractivity contribution in [2.75, 3.05) is 0 Å². The van der Waals surface area contributed by atoms with Gasteiger partial charge in [-0.2, -0.15) is 0 Å². The van der Waals surface area contributed by atoms with Crippen LogP contribution >= 0.6 is 22.9 Å². The highest BCUT2D eigenvalue weighted by Crippen LogP contribution is 2.34. The molecule has 3 N–H and O–H groups in total. The van der Waals surface area contributed by atoms with Gasteiger partial charge in [0.05, 0.1) is 22.8 Å². The summed E-state index contributed by atoms with van der Waals surface area (Å²) in [5, 5.41) is 3.45. The highest BCUT2D eigenvalue weighted by Gasteiger charge is 2.42. The maximum Gasteiger partial charge on any atom is 0.261 e. The predicted molar refractivity (Wildman–Crippen MR) is 111 cm³/mol. The second-order valence-corrected chi connectivity index (χ2v) is 9.28. The Bertz CT molecular complexity index is 1040. The number of thiophene rings is 1. The van der Waals surface area contributed by atoms with Crippen LogP contribution in [0.1, 0.15) is 40.7 Å². The first kappa shape index (κ1) is 19.4. The Kier molecular flexibility index (Phi) is 4.93. The molecule has 1 aliphatic rings. The molecule has 4 rings (SSSR count). The van der Waals surface area contributed by atoms with Gasteiger partial charge in [0.1, 0.15) is 11.3 Å². The number of nitrogens with one attached hydrogen (secondary N) is 1. The normalized spacial score (nSPS) is 25.2. The van der Waals surface area contributed by atoms with E-state index in [0.717, 1.165) is 28.2 Å². The summed E-state index contributed by atoms with van der Waals surface area (Å²) in [6.45, 7) is 3.48. The number of aryl methyl sites for hydroxylation is 1. The van der Waals surface area contributed by atoms with Crippen LogP contribution in [-0.2, 0) is 0 Å². The topological polar surface area (TPSA) is 72.4 Å². The Morgan fingerprint density at radius 2 is 2.29 bits per heavy atom. The van der Waals surface area contributed by atoms with Crippen LogP contribution in [0.4, 0.5) is 4.39 Å². The molecule has 148 valence electrons. The van der Waals surface area contributed by atoms with E-state index >= 15 is 0 Å². The van der Waals surface area contributed by atoms with Gasteiger partial charge in [0, 0.05) is 33.8 Å². The van der Waals surface area contributed by atoms with Crippen LogP contribution in [-0.4, -0.2) is 33.0 Å². The lowest BCUT2D eigenvalue weighted by Crippen LogP contribution is -2.60. The number of rotatable bonds is 3. The van der Waals surface area contributed by atoms with E-state index in [4.69, 9.17) is 17.3 Å². The largest absolute Gasteiger partial charge is 0.344 e. The maximum absolute atomic E-state index is 14.9. The maximum atomic E-state index is 14.9. The van der Waals surface area contributed by atoms with Crippen molar-refractivity contribution >= 4 is 34.5 Å². The summed E-state index contributed by atoms with van der Waals surface area (Å²) in [7, 11) is 0. The number of aromatic nitrogens is 2. The van der Waals surface area contributed by atoms with E-state index in [1.807, 2.05) is 23.6 Å². The number of carbonyl (C=O) groups excluding carboxylic acids is 1. The van der Waals surface area contributed by atoms with E-state index in [9.17, 15) is 9.18 Å². The molecule has 1 amide bonds. The van der Waals surface area contributed by atoms with Gasteiger partial charge < -0.3 is 11.1 Å². The van der Waals surface area contributed by atoms with Crippen molar-refractivity contribution in [3.05, 3.63) is 45.4 Å². The molecular weight excluding hydrogens is 399 g/mol. The first-order valence-corrected chi connectivity index (χ1v) is 10.4. The van der Waals surface area contributed by atoms with Crippen LogP contribution in [0.3, 0.4) is 0 Å². The molecule has 1 saturated carbocycles.